The molecule has 0 atom stereocenters. The summed E-state index contributed by atoms with van der Waals surface area (Å²) in [6.07, 6.45) is 0. The number of aromatic nitrogens is 2. The van der Waals surface area contributed by atoms with Crippen LogP contribution in [-0.4, -0.2) is 16.1 Å². The number of esters is 1. The molecule has 0 unspecified atom stereocenters. The van der Waals surface area contributed by atoms with Gasteiger partial charge in [-0.15, -0.1) is 11.3 Å². The van der Waals surface area contributed by atoms with Crippen molar-refractivity contribution in [3.05, 3.63) is 57.6 Å². The van der Waals surface area contributed by atoms with E-state index in [0.29, 0.717) is 15.7 Å². The summed E-state index contributed by atoms with van der Waals surface area (Å²) in [4.78, 5) is 16.4. The molecule has 106 valence electrons. The van der Waals surface area contributed by atoms with Gasteiger partial charge in [0.1, 0.15) is 4.88 Å². The minimum atomic E-state index is -0.406. The van der Waals surface area contributed by atoms with E-state index in [1.807, 2.05) is 5.38 Å². The maximum atomic E-state index is 11.7. The Morgan fingerprint density at radius 2 is 2.10 bits per heavy atom. The number of thiophene rings is 1. The van der Waals surface area contributed by atoms with Gasteiger partial charge in [-0.3, -0.25) is 0 Å². The van der Waals surface area contributed by atoms with E-state index in [4.69, 9.17) is 20.9 Å². The Bertz CT molecular complexity index is 738. The van der Waals surface area contributed by atoms with E-state index in [1.54, 1.807) is 36.4 Å². The molecule has 0 bridgehead atoms. The van der Waals surface area contributed by atoms with Gasteiger partial charge in [0, 0.05) is 10.6 Å². The molecule has 21 heavy (non-hydrogen) atoms. The van der Waals surface area contributed by atoms with Crippen LogP contribution in [0.3, 0.4) is 0 Å². The van der Waals surface area contributed by atoms with Crippen LogP contribution < -0.4 is 0 Å². The topological polar surface area (TPSA) is 65.2 Å². The van der Waals surface area contributed by atoms with Gasteiger partial charge in [-0.1, -0.05) is 22.8 Å². The minimum absolute atomic E-state index is 0.0582. The maximum absolute atomic E-state index is 11.7. The van der Waals surface area contributed by atoms with Crippen LogP contribution in [0.5, 0.6) is 0 Å². The first-order valence-electron chi connectivity index (χ1n) is 6.01. The number of carbonyl (C=O) groups excluding carboxylic acids is 1. The Kier molecular flexibility index (Phi) is 3.98. The molecule has 3 rings (SSSR count). The normalized spacial score (nSPS) is 10.5. The summed E-state index contributed by atoms with van der Waals surface area (Å²) in [5, 5.41) is 6.28. The van der Waals surface area contributed by atoms with E-state index < -0.39 is 5.97 Å². The molecule has 0 aliphatic rings. The number of hydrogen-bond acceptors (Lipinski definition) is 6. The molecule has 0 amide bonds. The number of nitrogens with zero attached hydrogens (tertiary/aromatic N) is 2. The summed E-state index contributed by atoms with van der Waals surface area (Å²) in [5.74, 6) is 0.259. The lowest BCUT2D eigenvalue weighted by molar-refractivity contribution is 0.0435. The molecule has 1 aromatic carbocycles. The third kappa shape index (κ3) is 3.29. The van der Waals surface area contributed by atoms with Crippen LogP contribution in [0.15, 0.2) is 46.3 Å². The minimum Gasteiger partial charge on any atom is -0.451 e. The van der Waals surface area contributed by atoms with Gasteiger partial charge >= 0.3 is 5.97 Å². The highest BCUT2D eigenvalue weighted by Gasteiger charge is 2.12. The highest BCUT2D eigenvalue weighted by Crippen LogP contribution is 2.19. The number of rotatable bonds is 4. The number of carbonyl (C=O) groups is 1. The fourth-order valence-corrected chi connectivity index (χ4v) is 2.36. The van der Waals surface area contributed by atoms with Gasteiger partial charge in [0.25, 0.3) is 5.89 Å². The van der Waals surface area contributed by atoms with E-state index in [-0.39, 0.29) is 12.5 Å². The zero-order valence-electron chi connectivity index (χ0n) is 10.7. The van der Waals surface area contributed by atoms with Crippen LogP contribution in [0.1, 0.15) is 15.6 Å². The average molecular weight is 321 g/mol. The number of ether oxygens (including phenoxy) is 1. The second-order valence-electron chi connectivity index (χ2n) is 4.07. The lowest BCUT2D eigenvalue weighted by atomic mass is 10.2. The van der Waals surface area contributed by atoms with E-state index >= 15 is 0 Å². The summed E-state index contributed by atoms with van der Waals surface area (Å²) < 4.78 is 10.1. The predicted octanol–water partition coefficient (Wildman–Crippen LogP) is 3.81. The molecule has 0 N–H and O–H groups in total. The van der Waals surface area contributed by atoms with Crippen molar-refractivity contribution in [2.45, 2.75) is 6.61 Å². The summed E-state index contributed by atoms with van der Waals surface area (Å²) in [6, 6.07) is 10.5. The molecule has 3 aromatic rings. The monoisotopic (exact) mass is 320 g/mol. The molecule has 0 aliphatic carbocycles. The Balaban J connectivity index is 1.65. The van der Waals surface area contributed by atoms with Crippen molar-refractivity contribution in [3.63, 3.8) is 0 Å². The zero-order chi connectivity index (χ0) is 14.7. The molecule has 0 saturated heterocycles. The number of benzene rings is 1. The van der Waals surface area contributed by atoms with E-state index in [9.17, 15) is 4.79 Å². The van der Waals surface area contributed by atoms with Crippen molar-refractivity contribution < 1.29 is 14.1 Å². The van der Waals surface area contributed by atoms with E-state index in [0.717, 1.165) is 5.56 Å². The van der Waals surface area contributed by atoms with Gasteiger partial charge in [-0.2, -0.15) is 4.98 Å². The molecular weight excluding hydrogens is 312 g/mol. The SMILES string of the molecule is O=C(OCc1nc(-c2ccc(Cl)cc2)no1)c1cccs1. The average Bonchev–Trinajstić information content (AvgIpc) is 3.17. The summed E-state index contributed by atoms with van der Waals surface area (Å²) in [5.41, 5.74) is 0.777. The third-order valence-electron chi connectivity index (χ3n) is 2.62. The van der Waals surface area contributed by atoms with Crippen LogP contribution in [-0.2, 0) is 11.3 Å². The molecule has 2 heterocycles. The van der Waals surface area contributed by atoms with Crippen molar-refractivity contribution >= 4 is 28.9 Å². The molecule has 0 saturated carbocycles. The van der Waals surface area contributed by atoms with Gasteiger partial charge in [-0.05, 0) is 35.7 Å². The Morgan fingerprint density at radius 1 is 1.29 bits per heavy atom. The molecule has 0 fully saturated rings. The van der Waals surface area contributed by atoms with Crippen LogP contribution in [0.2, 0.25) is 5.02 Å². The number of halogens is 1. The first kappa shape index (κ1) is 13.8. The third-order valence-corrected chi connectivity index (χ3v) is 3.72. The summed E-state index contributed by atoms with van der Waals surface area (Å²) >= 11 is 7.13. The van der Waals surface area contributed by atoms with E-state index in [1.165, 1.54) is 11.3 Å². The highest BCUT2D eigenvalue weighted by atomic mass is 35.5. The van der Waals surface area contributed by atoms with Gasteiger partial charge in [-0.25, -0.2) is 4.79 Å². The molecule has 2 aromatic heterocycles. The zero-order valence-corrected chi connectivity index (χ0v) is 12.2. The van der Waals surface area contributed by atoms with Crippen molar-refractivity contribution in [1.82, 2.24) is 10.1 Å². The van der Waals surface area contributed by atoms with Crippen LogP contribution in [0.4, 0.5) is 0 Å². The van der Waals surface area contributed by atoms with Crippen molar-refractivity contribution in [2.24, 2.45) is 0 Å². The lowest BCUT2D eigenvalue weighted by Crippen LogP contribution is -2.03. The summed E-state index contributed by atoms with van der Waals surface area (Å²) in [6.45, 7) is -0.0582. The first-order valence-corrected chi connectivity index (χ1v) is 7.27. The lowest BCUT2D eigenvalue weighted by Gasteiger charge is -1.98. The first-order chi connectivity index (χ1) is 10.2. The molecule has 0 radical (unpaired) electrons. The maximum Gasteiger partial charge on any atom is 0.348 e. The van der Waals surface area contributed by atoms with Crippen molar-refractivity contribution in [2.75, 3.05) is 0 Å². The predicted molar refractivity (Wildman–Crippen MR) is 78.2 cm³/mol. The van der Waals surface area contributed by atoms with Gasteiger partial charge in [0.15, 0.2) is 6.61 Å². The molecule has 5 nitrogen and oxygen atoms in total. The van der Waals surface area contributed by atoms with Crippen LogP contribution in [0.25, 0.3) is 11.4 Å². The molecular formula is C14H9ClN2O3S. The van der Waals surface area contributed by atoms with Crippen LogP contribution >= 0.6 is 22.9 Å². The number of hydrogen-bond donors (Lipinski definition) is 0. The molecule has 7 heteroatoms. The second-order valence-corrected chi connectivity index (χ2v) is 5.46. The highest BCUT2D eigenvalue weighted by molar-refractivity contribution is 7.11. The Labute approximate surface area is 129 Å². The summed E-state index contributed by atoms with van der Waals surface area (Å²) in [7, 11) is 0. The van der Waals surface area contributed by atoms with Crippen molar-refractivity contribution in [3.8, 4) is 11.4 Å². The van der Waals surface area contributed by atoms with Gasteiger partial charge in [0.2, 0.25) is 5.82 Å². The fourth-order valence-electron chi connectivity index (χ4n) is 1.62. The van der Waals surface area contributed by atoms with Crippen LogP contribution in [0, 0.1) is 0 Å². The second kappa shape index (κ2) is 6.07. The standard InChI is InChI=1S/C14H9ClN2O3S/c15-10-5-3-9(4-6-10)13-16-12(20-17-13)8-19-14(18)11-2-1-7-21-11/h1-7H,8H2. The Morgan fingerprint density at radius 3 is 2.81 bits per heavy atom. The van der Waals surface area contributed by atoms with Crippen molar-refractivity contribution in [1.29, 1.82) is 0 Å². The van der Waals surface area contributed by atoms with Gasteiger partial charge in [0.05, 0.1) is 0 Å². The van der Waals surface area contributed by atoms with E-state index in [2.05, 4.69) is 10.1 Å². The fraction of sp³-hybridized carbons (Fsp3) is 0.0714. The molecule has 0 spiro atoms. The van der Waals surface area contributed by atoms with Gasteiger partial charge < -0.3 is 9.26 Å². The smallest absolute Gasteiger partial charge is 0.348 e. The largest absolute Gasteiger partial charge is 0.451 e. The Hall–Kier alpha value is -2.18. The molecule has 0 aliphatic heterocycles. The quantitative estimate of drug-likeness (QED) is 0.684.